The lowest BCUT2D eigenvalue weighted by molar-refractivity contribution is 0.155. The second-order valence-electron chi connectivity index (χ2n) is 3.98. The van der Waals surface area contributed by atoms with Crippen molar-refractivity contribution in [1.29, 1.82) is 0 Å². The first-order valence-electron chi connectivity index (χ1n) is 5.87. The number of carbonyl (C=O) groups is 1. The number of pyridine rings is 1. The molecule has 1 amide bonds. The standard InChI is InChI=1S/C14H12Br2N2O2/c15-7-11-6-12(16)8-17-13(11)18-14(19)20-9-10-4-2-1-3-5-10/h1-6,8H,7,9H2,(H,17,18,19). The van der Waals surface area contributed by atoms with Gasteiger partial charge in [0.05, 0.1) is 0 Å². The van der Waals surface area contributed by atoms with Gasteiger partial charge >= 0.3 is 6.09 Å². The molecule has 1 aromatic carbocycles. The van der Waals surface area contributed by atoms with Gasteiger partial charge in [-0.25, -0.2) is 9.78 Å². The van der Waals surface area contributed by atoms with E-state index >= 15 is 0 Å². The Hall–Kier alpha value is -1.40. The van der Waals surface area contributed by atoms with Gasteiger partial charge in [-0.2, -0.15) is 0 Å². The van der Waals surface area contributed by atoms with Crippen LogP contribution in [0.15, 0.2) is 47.1 Å². The van der Waals surface area contributed by atoms with E-state index in [1.807, 2.05) is 36.4 Å². The quantitative estimate of drug-likeness (QED) is 0.770. The summed E-state index contributed by atoms with van der Waals surface area (Å²) >= 11 is 6.69. The predicted octanol–water partition coefficient (Wildman–Crippen LogP) is 4.49. The highest BCUT2D eigenvalue weighted by Gasteiger charge is 2.09. The second kappa shape index (κ2) is 7.40. The number of anilines is 1. The van der Waals surface area contributed by atoms with Crippen molar-refractivity contribution >= 4 is 43.8 Å². The number of hydrogen-bond donors (Lipinski definition) is 1. The molecule has 2 aromatic rings. The van der Waals surface area contributed by atoms with Gasteiger partial charge in [-0.15, -0.1) is 0 Å². The predicted molar refractivity (Wildman–Crippen MR) is 84.8 cm³/mol. The minimum atomic E-state index is -0.522. The molecule has 0 saturated carbocycles. The van der Waals surface area contributed by atoms with Gasteiger partial charge in [-0.3, -0.25) is 5.32 Å². The third kappa shape index (κ3) is 4.31. The molecule has 0 aliphatic carbocycles. The molecular weight excluding hydrogens is 388 g/mol. The van der Waals surface area contributed by atoms with Crippen molar-refractivity contribution in [2.45, 2.75) is 11.9 Å². The van der Waals surface area contributed by atoms with Crippen molar-refractivity contribution in [3.8, 4) is 0 Å². The van der Waals surface area contributed by atoms with Crippen LogP contribution in [-0.4, -0.2) is 11.1 Å². The lowest BCUT2D eigenvalue weighted by atomic mass is 10.2. The fourth-order valence-corrected chi connectivity index (χ4v) is 2.36. The topological polar surface area (TPSA) is 51.2 Å². The second-order valence-corrected chi connectivity index (χ2v) is 5.46. The summed E-state index contributed by atoms with van der Waals surface area (Å²) in [5, 5.41) is 3.23. The normalized spacial score (nSPS) is 10.1. The molecule has 0 radical (unpaired) electrons. The van der Waals surface area contributed by atoms with E-state index in [9.17, 15) is 4.79 Å². The maximum atomic E-state index is 11.7. The third-order valence-electron chi connectivity index (χ3n) is 2.51. The van der Waals surface area contributed by atoms with Crippen LogP contribution in [0.25, 0.3) is 0 Å². The summed E-state index contributed by atoms with van der Waals surface area (Å²) in [6.07, 6.45) is 1.10. The number of amides is 1. The summed E-state index contributed by atoms with van der Waals surface area (Å²) in [5.41, 5.74) is 1.81. The summed E-state index contributed by atoms with van der Waals surface area (Å²) < 4.78 is 6.00. The first kappa shape index (κ1) is 15.0. The number of benzene rings is 1. The van der Waals surface area contributed by atoms with Crippen molar-refractivity contribution in [2.75, 3.05) is 5.32 Å². The van der Waals surface area contributed by atoms with E-state index in [1.54, 1.807) is 6.20 Å². The summed E-state index contributed by atoms with van der Waals surface area (Å²) in [4.78, 5) is 15.9. The zero-order valence-corrected chi connectivity index (χ0v) is 13.6. The minimum absolute atomic E-state index is 0.229. The maximum Gasteiger partial charge on any atom is 0.413 e. The smallest absolute Gasteiger partial charge is 0.413 e. The van der Waals surface area contributed by atoms with E-state index in [1.165, 1.54) is 0 Å². The van der Waals surface area contributed by atoms with Gasteiger partial charge in [0.2, 0.25) is 0 Å². The van der Waals surface area contributed by atoms with Gasteiger partial charge in [0.1, 0.15) is 12.4 Å². The number of rotatable bonds is 4. The van der Waals surface area contributed by atoms with Gasteiger partial charge in [0.15, 0.2) is 0 Å². The van der Waals surface area contributed by atoms with Crippen LogP contribution in [0.2, 0.25) is 0 Å². The Kier molecular flexibility index (Phi) is 5.55. The average Bonchev–Trinajstić information content (AvgIpc) is 2.48. The fraction of sp³-hybridized carbons (Fsp3) is 0.143. The van der Waals surface area contributed by atoms with Gasteiger partial charge in [0.25, 0.3) is 0 Å². The Morgan fingerprint density at radius 1 is 1.30 bits per heavy atom. The Morgan fingerprint density at radius 3 is 2.75 bits per heavy atom. The lowest BCUT2D eigenvalue weighted by Crippen LogP contribution is -2.15. The van der Waals surface area contributed by atoms with Crippen molar-refractivity contribution < 1.29 is 9.53 Å². The zero-order chi connectivity index (χ0) is 14.4. The summed E-state index contributed by atoms with van der Waals surface area (Å²) in [7, 11) is 0. The molecule has 0 aliphatic rings. The van der Waals surface area contributed by atoms with E-state index in [0.29, 0.717) is 11.1 Å². The van der Waals surface area contributed by atoms with Gasteiger partial charge < -0.3 is 4.74 Å². The number of ether oxygens (including phenoxy) is 1. The van der Waals surface area contributed by atoms with Gasteiger partial charge in [-0.1, -0.05) is 46.3 Å². The third-order valence-corrected chi connectivity index (χ3v) is 3.55. The van der Waals surface area contributed by atoms with Crippen LogP contribution in [0.3, 0.4) is 0 Å². The molecule has 0 fully saturated rings. The Balaban J connectivity index is 1.95. The molecule has 0 saturated heterocycles. The Morgan fingerprint density at radius 2 is 2.05 bits per heavy atom. The summed E-state index contributed by atoms with van der Waals surface area (Å²) in [6.45, 7) is 0.229. The van der Waals surface area contributed by atoms with Crippen molar-refractivity contribution in [2.24, 2.45) is 0 Å². The molecule has 4 nitrogen and oxygen atoms in total. The SMILES string of the molecule is O=C(Nc1ncc(Br)cc1CBr)OCc1ccccc1. The minimum Gasteiger partial charge on any atom is -0.444 e. The molecule has 0 unspecified atom stereocenters. The highest BCUT2D eigenvalue weighted by Crippen LogP contribution is 2.20. The van der Waals surface area contributed by atoms with Crippen LogP contribution < -0.4 is 5.32 Å². The number of nitrogens with one attached hydrogen (secondary N) is 1. The molecule has 0 aliphatic heterocycles. The zero-order valence-electron chi connectivity index (χ0n) is 10.5. The van der Waals surface area contributed by atoms with Crippen LogP contribution >= 0.6 is 31.9 Å². The van der Waals surface area contributed by atoms with Crippen LogP contribution in [0.4, 0.5) is 10.6 Å². The number of aromatic nitrogens is 1. The van der Waals surface area contributed by atoms with Crippen LogP contribution in [0, 0.1) is 0 Å². The molecule has 104 valence electrons. The maximum absolute atomic E-state index is 11.7. The lowest BCUT2D eigenvalue weighted by Gasteiger charge is -2.09. The van der Waals surface area contributed by atoms with Gasteiger partial charge in [0, 0.05) is 21.6 Å². The molecule has 0 spiro atoms. The summed E-state index contributed by atoms with van der Waals surface area (Å²) in [6, 6.07) is 11.4. The number of halogens is 2. The van der Waals surface area contributed by atoms with Crippen molar-refractivity contribution in [1.82, 2.24) is 4.98 Å². The highest BCUT2D eigenvalue weighted by atomic mass is 79.9. The molecule has 1 heterocycles. The van der Waals surface area contributed by atoms with E-state index in [2.05, 4.69) is 42.2 Å². The largest absolute Gasteiger partial charge is 0.444 e. The molecule has 0 atom stereocenters. The van der Waals surface area contributed by atoms with E-state index in [4.69, 9.17) is 4.74 Å². The Labute approximate surface area is 133 Å². The van der Waals surface area contributed by atoms with Gasteiger partial charge in [-0.05, 0) is 27.6 Å². The molecule has 1 N–H and O–H groups in total. The molecule has 1 aromatic heterocycles. The molecule has 0 bridgehead atoms. The van der Waals surface area contributed by atoms with Crippen LogP contribution in [0.5, 0.6) is 0 Å². The van der Waals surface area contributed by atoms with Crippen LogP contribution in [0.1, 0.15) is 11.1 Å². The van der Waals surface area contributed by atoms with E-state index < -0.39 is 6.09 Å². The number of carbonyl (C=O) groups excluding carboxylic acids is 1. The van der Waals surface area contributed by atoms with Crippen molar-refractivity contribution in [3.05, 3.63) is 58.2 Å². The first-order chi connectivity index (χ1) is 9.69. The number of alkyl halides is 1. The van der Waals surface area contributed by atoms with E-state index in [0.717, 1.165) is 15.6 Å². The number of nitrogens with zero attached hydrogens (tertiary/aromatic N) is 1. The van der Waals surface area contributed by atoms with Crippen molar-refractivity contribution in [3.63, 3.8) is 0 Å². The molecular formula is C14H12Br2N2O2. The highest BCUT2D eigenvalue weighted by molar-refractivity contribution is 9.10. The number of hydrogen-bond acceptors (Lipinski definition) is 3. The fourth-order valence-electron chi connectivity index (χ4n) is 1.55. The monoisotopic (exact) mass is 398 g/mol. The molecule has 20 heavy (non-hydrogen) atoms. The van der Waals surface area contributed by atoms with Crippen LogP contribution in [-0.2, 0) is 16.7 Å². The molecule has 2 rings (SSSR count). The Bertz CT molecular complexity index is 591. The van der Waals surface area contributed by atoms with E-state index in [-0.39, 0.29) is 6.61 Å². The molecule has 6 heteroatoms. The average molecular weight is 400 g/mol. The first-order valence-corrected chi connectivity index (χ1v) is 7.78. The summed E-state index contributed by atoms with van der Waals surface area (Å²) in [5.74, 6) is 0.489.